The second-order valence-corrected chi connectivity index (χ2v) is 7.11. The fourth-order valence-corrected chi connectivity index (χ4v) is 3.79. The molecule has 26 heavy (non-hydrogen) atoms. The van der Waals surface area contributed by atoms with Crippen LogP contribution in [0.5, 0.6) is 0 Å². The van der Waals surface area contributed by atoms with Gasteiger partial charge in [-0.2, -0.15) is 0 Å². The highest BCUT2D eigenvalue weighted by molar-refractivity contribution is 5.18. The molecule has 0 saturated carbocycles. The molecule has 0 spiro atoms. The maximum absolute atomic E-state index is 13.5. The zero-order valence-corrected chi connectivity index (χ0v) is 17.0. The van der Waals surface area contributed by atoms with E-state index in [4.69, 9.17) is 9.47 Å². The third kappa shape index (κ3) is 6.96. The summed E-state index contributed by atoms with van der Waals surface area (Å²) in [4.78, 5) is 0. The Morgan fingerprint density at radius 3 is 2.12 bits per heavy atom. The lowest BCUT2D eigenvalue weighted by molar-refractivity contribution is -0.244. The third-order valence-electron chi connectivity index (χ3n) is 5.48. The molecule has 0 amide bonds. The van der Waals surface area contributed by atoms with E-state index in [1.165, 1.54) is 44.2 Å². The minimum atomic E-state index is -0.797. The summed E-state index contributed by atoms with van der Waals surface area (Å²) in [6, 6.07) is 4.16. The maximum atomic E-state index is 13.5. The molecular weight excluding hydrogens is 334 g/mol. The zero-order chi connectivity index (χ0) is 19.4. The summed E-state index contributed by atoms with van der Waals surface area (Å²) < 4.78 is 38.1. The second-order valence-electron chi connectivity index (χ2n) is 7.11. The Hall–Kier alpha value is -1.00. The first-order valence-corrected chi connectivity index (χ1v) is 10.1. The van der Waals surface area contributed by atoms with E-state index in [-0.39, 0.29) is 5.92 Å². The van der Waals surface area contributed by atoms with Crippen LogP contribution in [0, 0.1) is 17.6 Å². The normalized spacial score (nSPS) is 13.2. The van der Waals surface area contributed by atoms with Gasteiger partial charge in [0, 0.05) is 20.1 Å². The fraction of sp³-hybridized carbons (Fsp3) is 0.727. The van der Waals surface area contributed by atoms with Gasteiger partial charge in [0.25, 0.3) is 0 Å². The predicted octanol–water partition coefficient (Wildman–Crippen LogP) is 6.66. The number of unbranched alkanes of at least 4 members (excludes halogenated alkanes) is 5. The Bertz CT molecular complexity index is 493. The Morgan fingerprint density at radius 1 is 0.885 bits per heavy atom. The van der Waals surface area contributed by atoms with Crippen molar-refractivity contribution in [3.8, 4) is 0 Å². The van der Waals surface area contributed by atoms with Crippen molar-refractivity contribution in [1.29, 1.82) is 0 Å². The average molecular weight is 371 g/mol. The predicted molar refractivity (Wildman–Crippen MR) is 103 cm³/mol. The number of benzene rings is 1. The van der Waals surface area contributed by atoms with Crippen LogP contribution in [0.4, 0.5) is 8.78 Å². The van der Waals surface area contributed by atoms with Gasteiger partial charge in [0.05, 0.1) is 0 Å². The molecule has 0 bridgehead atoms. The van der Waals surface area contributed by atoms with Crippen LogP contribution in [-0.2, 0) is 15.9 Å². The van der Waals surface area contributed by atoms with E-state index in [1.807, 2.05) is 0 Å². The van der Waals surface area contributed by atoms with Crippen LogP contribution in [0.1, 0.15) is 77.2 Å². The number of methoxy groups -OCH3 is 2. The smallest absolute Gasteiger partial charge is 0.170 e. The first-order valence-electron chi connectivity index (χ1n) is 10.1. The highest BCUT2D eigenvalue weighted by Crippen LogP contribution is 2.34. The molecule has 0 N–H and O–H groups in total. The number of hydrogen-bond donors (Lipinski definition) is 0. The summed E-state index contributed by atoms with van der Waals surface area (Å²) in [5, 5.41) is 0. The largest absolute Gasteiger partial charge is 0.353 e. The van der Waals surface area contributed by atoms with Crippen LogP contribution in [0.15, 0.2) is 18.2 Å². The van der Waals surface area contributed by atoms with Gasteiger partial charge in [-0.05, 0) is 43.4 Å². The van der Waals surface area contributed by atoms with Gasteiger partial charge in [-0.25, -0.2) is 8.78 Å². The van der Waals surface area contributed by atoms with Gasteiger partial charge >= 0.3 is 0 Å². The van der Waals surface area contributed by atoms with Crippen molar-refractivity contribution in [2.75, 3.05) is 14.2 Å². The van der Waals surface area contributed by atoms with E-state index < -0.39 is 17.4 Å². The first-order chi connectivity index (χ1) is 12.5. The molecule has 0 saturated heterocycles. The van der Waals surface area contributed by atoms with Crippen molar-refractivity contribution in [1.82, 2.24) is 0 Å². The van der Waals surface area contributed by atoms with Crippen molar-refractivity contribution in [3.05, 3.63) is 35.4 Å². The van der Waals surface area contributed by atoms with E-state index in [0.29, 0.717) is 6.42 Å². The molecule has 1 rings (SSSR count). The van der Waals surface area contributed by atoms with Crippen LogP contribution in [-0.4, -0.2) is 20.0 Å². The molecule has 0 fully saturated rings. The zero-order valence-electron chi connectivity index (χ0n) is 17.0. The van der Waals surface area contributed by atoms with Gasteiger partial charge < -0.3 is 9.47 Å². The standard InChI is InChI=1S/C22H36F2O2/c1-5-7-8-9-10-11-12-19(22(6-2,25-3)26-4)15-13-18-14-16-20(23)21(24)17-18/h14,16-17,19H,5-13,15H2,1-4H3. The Labute approximate surface area is 158 Å². The molecule has 1 unspecified atom stereocenters. The van der Waals surface area contributed by atoms with Crippen LogP contribution in [0.3, 0.4) is 0 Å². The van der Waals surface area contributed by atoms with E-state index in [9.17, 15) is 8.78 Å². The average Bonchev–Trinajstić information content (AvgIpc) is 2.66. The number of aryl methyl sites for hydroxylation is 1. The Morgan fingerprint density at radius 2 is 1.54 bits per heavy atom. The monoisotopic (exact) mass is 370 g/mol. The lowest BCUT2D eigenvalue weighted by atomic mass is 9.85. The lowest BCUT2D eigenvalue weighted by Crippen LogP contribution is -2.41. The van der Waals surface area contributed by atoms with E-state index >= 15 is 0 Å². The molecule has 0 radical (unpaired) electrons. The number of ether oxygens (including phenoxy) is 2. The summed E-state index contributed by atoms with van der Waals surface area (Å²) in [5.41, 5.74) is 0.814. The van der Waals surface area contributed by atoms with Gasteiger partial charge in [-0.15, -0.1) is 0 Å². The van der Waals surface area contributed by atoms with Crippen molar-refractivity contribution >= 4 is 0 Å². The molecule has 0 aliphatic carbocycles. The molecule has 0 aromatic heterocycles. The minimum Gasteiger partial charge on any atom is -0.353 e. The lowest BCUT2D eigenvalue weighted by Gasteiger charge is -2.38. The highest BCUT2D eigenvalue weighted by atomic mass is 19.2. The molecule has 150 valence electrons. The van der Waals surface area contributed by atoms with Crippen LogP contribution < -0.4 is 0 Å². The highest BCUT2D eigenvalue weighted by Gasteiger charge is 2.36. The molecular formula is C22H36F2O2. The number of hydrogen-bond acceptors (Lipinski definition) is 2. The van der Waals surface area contributed by atoms with E-state index in [1.54, 1.807) is 20.3 Å². The molecule has 1 aromatic rings. The van der Waals surface area contributed by atoms with Gasteiger partial charge in [-0.3, -0.25) is 0 Å². The molecule has 0 aliphatic rings. The van der Waals surface area contributed by atoms with Crippen LogP contribution in [0.2, 0.25) is 0 Å². The maximum Gasteiger partial charge on any atom is 0.170 e. The quantitative estimate of drug-likeness (QED) is 0.269. The summed E-state index contributed by atoms with van der Waals surface area (Å²) in [5.74, 6) is -1.96. The van der Waals surface area contributed by atoms with Gasteiger partial charge in [-0.1, -0.05) is 58.4 Å². The molecule has 0 aliphatic heterocycles. The fourth-order valence-electron chi connectivity index (χ4n) is 3.79. The van der Waals surface area contributed by atoms with E-state index in [2.05, 4.69) is 13.8 Å². The van der Waals surface area contributed by atoms with Crippen LogP contribution >= 0.6 is 0 Å². The number of halogens is 2. The third-order valence-corrected chi connectivity index (χ3v) is 5.48. The second kappa shape index (κ2) is 12.4. The van der Waals surface area contributed by atoms with E-state index in [0.717, 1.165) is 31.2 Å². The topological polar surface area (TPSA) is 18.5 Å². The van der Waals surface area contributed by atoms with Crippen molar-refractivity contribution in [2.24, 2.45) is 5.92 Å². The Kier molecular flexibility index (Phi) is 11.0. The number of rotatable bonds is 14. The van der Waals surface area contributed by atoms with Gasteiger partial charge in [0.2, 0.25) is 0 Å². The summed E-state index contributed by atoms with van der Waals surface area (Å²) in [6.07, 6.45) is 10.8. The van der Waals surface area contributed by atoms with Crippen LogP contribution in [0.25, 0.3) is 0 Å². The van der Waals surface area contributed by atoms with Crippen molar-refractivity contribution < 1.29 is 18.3 Å². The summed E-state index contributed by atoms with van der Waals surface area (Å²) in [6.45, 7) is 4.29. The van der Waals surface area contributed by atoms with Crippen molar-refractivity contribution in [2.45, 2.75) is 83.8 Å². The first kappa shape index (κ1) is 23.0. The SMILES string of the molecule is CCCCCCCCC(CCc1ccc(F)c(F)c1)C(CC)(OC)OC. The summed E-state index contributed by atoms with van der Waals surface area (Å²) in [7, 11) is 3.39. The molecule has 2 nitrogen and oxygen atoms in total. The van der Waals surface area contributed by atoms with Gasteiger partial charge in [0.15, 0.2) is 17.4 Å². The molecule has 1 aromatic carbocycles. The summed E-state index contributed by atoms with van der Waals surface area (Å²) >= 11 is 0. The minimum absolute atomic E-state index is 0.224. The van der Waals surface area contributed by atoms with Gasteiger partial charge in [0.1, 0.15) is 0 Å². The Balaban J connectivity index is 2.68. The molecule has 4 heteroatoms. The van der Waals surface area contributed by atoms with Crippen molar-refractivity contribution in [3.63, 3.8) is 0 Å². The molecule has 0 heterocycles. The molecule has 1 atom stereocenters.